The zero-order valence-corrected chi connectivity index (χ0v) is 18.0. The lowest BCUT2D eigenvalue weighted by Gasteiger charge is -2.19. The summed E-state index contributed by atoms with van der Waals surface area (Å²) in [6.07, 6.45) is 4.25. The molecule has 0 spiro atoms. The van der Waals surface area contributed by atoms with Gasteiger partial charge in [0, 0.05) is 12.1 Å². The van der Waals surface area contributed by atoms with Crippen LogP contribution >= 0.6 is 0 Å². The predicted molar refractivity (Wildman–Crippen MR) is 118 cm³/mol. The van der Waals surface area contributed by atoms with E-state index in [0.717, 1.165) is 25.7 Å². The number of halogens is 1. The van der Waals surface area contributed by atoms with Gasteiger partial charge in [0.15, 0.2) is 0 Å². The van der Waals surface area contributed by atoms with Crippen LogP contribution in [-0.2, 0) is 0 Å². The van der Waals surface area contributed by atoms with E-state index in [1.54, 1.807) is 6.07 Å². The molecule has 2 rings (SSSR count). The fourth-order valence-corrected chi connectivity index (χ4v) is 3.66. The van der Waals surface area contributed by atoms with E-state index in [1.165, 1.54) is 17.7 Å². The summed E-state index contributed by atoms with van der Waals surface area (Å²) in [6, 6.07) is 14.9. The summed E-state index contributed by atoms with van der Waals surface area (Å²) < 4.78 is 20.0. The van der Waals surface area contributed by atoms with Crippen LogP contribution in [0.1, 0.15) is 76.1 Å². The number of aliphatic hydroxyl groups is 1. The molecule has 2 N–H and O–H groups in total. The van der Waals surface area contributed by atoms with E-state index in [4.69, 9.17) is 4.74 Å². The van der Waals surface area contributed by atoms with Crippen molar-refractivity contribution in [2.24, 2.45) is 5.92 Å². The SMILES string of the molecule is CCCC(CCC)COc1cc(F)cc(C(O)CCNC(C)c2ccccc2)c1. The number of benzene rings is 2. The van der Waals surface area contributed by atoms with Crippen LogP contribution in [0.5, 0.6) is 5.75 Å². The first kappa shape index (κ1) is 23.4. The van der Waals surface area contributed by atoms with Crippen molar-refractivity contribution >= 4 is 0 Å². The van der Waals surface area contributed by atoms with Gasteiger partial charge in [-0.25, -0.2) is 4.39 Å². The summed E-state index contributed by atoms with van der Waals surface area (Å²) in [5.41, 5.74) is 1.77. The van der Waals surface area contributed by atoms with Crippen molar-refractivity contribution < 1.29 is 14.2 Å². The molecule has 0 radical (unpaired) electrons. The van der Waals surface area contributed by atoms with E-state index in [1.807, 2.05) is 18.2 Å². The van der Waals surface area contributed by atoms with Crippen molar-refractivity contribution in [3.05, 3.63) is 65.5 Å². The molecule has 0 aliphatic carbocycles. The van der Waals surface area contributed by atoms with Gasteiger partial charge < -0.3 is 15.2 Å². The van der Waals surface area contributed by atoms with Gasteiger partial charge in [0.05, 0.1) is 12.7 Å². The lowest BCUT2D eigenvalue weighted by molar-refractivity contribution is 0.164. The Kier molecular flexibility index (Phi) is 10.2. The molecule has 0 saturated heterocycles. The van der Waals surface area contributed by atoms with Crippen LogP contribution in [0.15, 0.2) is 48.5 Å². The average molecular weight is 402 g/mol. The van der Waals surface area contributed by atoms with Gasteiger partial charge >= 0.3 is 0 Å². The van der Waals surface area contributed by atoms with Gasteiger partial charge in [-0.2, -0.15) is 0 Å². The highest BCUT2D eigenvalue weighted by atomic mass is 19.1. The maximum absolute atomic E-state index is 14.1. The Morgan fingerprint density at radius 2 is 1.66 bits per heavy atom. The van der Waals surface area contributed by atoms with Gasteiger partial charge in [-0.05, 0) is 61.9 Å². The highest BCUT2D eigenvalue weighted by Gasteiger charge is 2.13. The third kappa shape index (κ3) is 8.15. The van der Waals surface area contributed by atoms with Gasteiger partial charge in [0.1, 0.15) is 11.6 Å². The Labute approximate surface area is 175 Å². The van der Waals surface area contributed by atoms with Crippen molar-refractivity contribution in [2.45, 2.75) is 65.0 Å². The second-order valence-corrected chi connectivity index (χ2v) is 7.87. The molecule has 29 heavy (non-hydrogen) atoms. The van der Waals surface area contributed by atoms with Crippen LogP contribution in [0.25, 0.3) is 0 Å². The Morgan fingerprint density at radius 3 is 2.31 bits per heavy atom. The third-order valence-corrected chi connectivity index (χ3v) is 5.33. The lowest BCUT2D eigenvalue weighted by Crippen LogP contribution is -2.21. The second kappa shape index (κ2) is 12.6. The summed E-state index contributed by atoms with van der Waals surface area (Å²) >= 11 is 0. The Morgan fingerprint density at radius 1 is 0.966 bits per heavy atom. The highest BCUT2D eigenvalue weighted by molar-refractivity contribution is 5.31. The van der Waals surface area contributed by atoms with Gasteiger partial charge in [-0.1, -0.05) is 57.0 Å². The fraction of sp³-hybridized carbons (Fsp3) is 0.520. The van der Waals surface area contributed by atoms with E-state index < -0.39 is 6.10 Å². The molecule has 2 aromatic carbocycles. The first-order valence-corrected chi connectivity index (χ1v) is 10.9. The quantitative estimate of drug-likeness (QED) is 0.420. The molecule has 160 valence electrons. The van der Waals surface area contributed by atoms with Gasteiger partial charge in [-0.15, -0.1) is 0 Å². The molecule has 4 heteroatoms. The molecule has 0 amide bonds. The van der Waals surface area contributed by atoms with E-state index in [9.17, 15) is 9.50 Å². The summed E-state index contributed by atoms with van der Waals surface area (Å²) in [5, 5.41) is 13.9. The fourth-order valence-electron chi connectivity index (χ4n) is 3.66. The summed E-state index contributed by atoms with van der Waals surface area (Å²) in [7, 11) is 0. The average Bonchev–Trinajstić information content (AvgIpc) is 2.72. The molecule has 2 aromatic rings. The van der Waals surface area contributed by atoms with Crippen LogP contribution in [0.4, 0.5) is 4.39 Å². The lowest BCUT2D eigenvalue weighted by atomic mass is 9.99. The van der Waals surface area contributed by atoms with Crippen LogP contribution in [0.3, 0.4) is 0 Å². The molecule has 0 heterocycles. The number of rotatable bonds is 13. The standard InChI is InChI=1S/C25H36FNO2/c1-4-9-20(10-5-2)18-29-24-16-22(15-23(26)17-24)25(28)13-14-27-19(3)21-11-7-6-8-12-21/h6-8,11-12,15-17,19-20,25,27-28H,4-5,9-10,13-14,18H2,1-3H3. The van der Waals surface area contributed by atoms with Crippen molar-refractivity contribution in [1.82, 2.24) is 5.32 Å². The third-order valence-electron chi connectivity index (χ3n) is 5.33. The molecule has 3 nitrogen and oxygen atoms in total. The number of ether oxygens (including phenoxy) is 1. The Bertz CT molecular complexity index is 701. The van der Waals surface area contributed by atoms with Gasteiger partial charge in [-0.3, -0.25) is 0 Å². The summed E-state index contributed by atoms with van der Waals surface area (Å²) in [5.74, 6) is 0.622. The zero-order valence-electron chi connectivity index (χ0n) is 18.0. The van der Waals surface area contributed by atoms with Crippen LogP contribution in [-0.4, -0.2) is 18.3 Å². The van der Waals surface area contributed by atoms with Crippen LogP contribution in [0.2, 0.25) is 0 Å². The molecule has 0 aliphatic rings. The zero-order chi connectivity index (χ0) is 21.1. The van der Waals surface area contributed by atoms with Crippen molar-refractivity contribution in [2.75, 3.05) is 13.2 Å². The van der Waals surface area contributed by atoms with E-state index in [0.29, 0.717) is 36.8 Å². The molecule has 0 saturated carbocycles. The first-order valence-electron chi connectivity index (χ1n) is 10.9. The molecule has 0 aliphatic heterocycles. The normalized spacial score (nSPS) is 13.4. The number of nitrogens with one attached hydrogen (secondary N) is 1. The number of hydrogen-bond acceptors (Lipinski definition) is 3. The summed E-state index contributed by atoms with van der Waals surface area (Å²) in [6.45, 7) is 7.67. The second-order valence-electron chi connectivity index (χ2n) is 7.87. The van der Waals surface area contributed by atoms with Crippen molar-refractivity contribution in [1.29, 1.82) is 0 Å². The first-order chi connectivity index (χ1) is 14.0. The largest absolute Gasteiger partial charge is 0.493 e. The number of hydrogen-bond donors (Lipinski definition) is 2. The predicted octanol–water partition coefficient (Wildman–Crippen LogP) is 6.20. The monoisotopic (exact) mass is 401 g/mol. The minimum absolute atomic E-state index is 0.198. The minimum atomic E-state index is -0.731. The van der Waals surface area contributed by atoms with E-state index in [-0.39, 0.29) is 11.9 Å². The Hall–Kier alpha value is -1.91. The maximum atomic E-state index is 14.1. The van der Waals surface area contributed by atoms with Gasteiger partial charge in [0.25, 0.3) is 0 Å². The van der Waals surface area contributed by atoms with E-state index >= 15 is 0 Å². The van der Waals surface area contributed by atoms with Crippen molar-refractivity contribution in [3.63, 3.8) is 0 Å². The molecular formula is C25H36FNO2. The topological polar surface area (TPSA) is 41.5 Å². The van der Waals surface area contributed by atoms with Crippen LogP contribution < -0.4 is 10.1 Å². The Balaban J connectivity index is 1.88. The maximum Gasteiger partial charge on any atom is 0.127 e. The van der Waals surface area contributed by atoms with E-state index in [2.05, 4.69) is 38.2 Å². The minimum Gasteiger partial charge on any atom is -0.493 e. The highest BCUT2D eigenvalue weighted by Crippen LogP contribution is 2.25. The van der Waals surface area contributed by atoms with Gasteiger partial charge in [0.2, 0.25) is 0 Å². The molecule has 2 atom stereocenters. The molecule has 2 unspecified atom stereocenters. The van der Waals surface area contributed by atoms with Crippen molar-refractivity contribution in [3.8, 4) is 5.75 Å². The molecule has 0 aromatic heterocycles. The smallest absolute Gasteiger partial charge is 0.127 e. The molecule has 0 fully saturated rings. The summed E-state index contributed by atoms with van der Waals surface area (Å²) in [4.78, 5) is 0. The molecule has 0 bridgehead atoms. The molecular weight excluding hydrogens is 365 g/mol. The number of aliphatic hydroxyl groups excluding tert-OH is 1. The van der Waals surface area contributed by atoms with Crippen LogP contribution in [0, 0.1) is 11.7 Å².